The van der Waals surface area contributed by atoms with Crippen LogP contribution in [0.25, 0.3) is 0 Å². The van der Waals surface area contributed by atoms with Crippen LogP contribution in [-0.4, -0.2) is 19.2 Å². The standard InChI is InChI=1S/C4H7O2/c1-4(5)6-2-3-6/h2-3H2,1H3/q+1. The summed E-state index contributed by atoms with van der Waals surface area (Å²) >= 11 is 0. The van der Waals surface area contributed by atoms with Gasteiger partial charge in [-0.15, -0.1) is 0 Å². The van der Waals surface area contributed by atoms with Crippen LogP contribution in [0.1, 0.15) is 6.92 Å². The van der Waals surface area contributed by atoms with Gasteiger partial charge in [-0.1, -0.05) is 0 Å². The molecule has 0 aromatic heterocycles. The molecular weight excluding hydrogens is 80.0 g/mol. The molecule has 0 atom stereocenters. The predicted octanol–water partition coefficient (Wildman–Crippen LogP) is 0.0988. The summed E-state index contributed by atoms with van der Waals surface area (Å²) in [6, 6.07) is 0. The monoisotopic (exact) mass is 87.0 g/mol. The fourth-order valence-corrected chi connectivity index (χ4v) is 0.329. The van der Waals surface area contributed by atoms with Gasteiger partial charge in [0.2, 0.25) is 0 Å². The maximum absolute atomic E-state index is 10.1. The van der Waals surface area contributed by atoms with Crippen molar-refractivity contribution in [3.63, 3.8) is 0 Å². The largest absolute Gasteiger partial charge is 0.536 e. The van der Waals surface area contributed by atoms with Gasteiger partial charge in [0.25, 0.3) is 0 Å². The van der Waals surface area contributed by atoms with Gasteiger partial charge in [-0.3, -0.25) is 0 Å². The Morgan fingerprint density at radius 3 is 2.17 bits per heavy atom. The van der Waals surface area contributed by atoms with Gasteiger partial charge in [0, 0.05) is 4.79 Å². The van der Waals surface area contributed by atoms with E-state index < -0.39 is 0 Å². The molecule has 0 unspecified atom stereocenters. The summed E-state index contributed by atoms with van der Waals surface area (Å²) in [5.74, 6) is 0.120. The third-order valence-electron chi connectivity index (χ3n) is 0.815. The molecule has 2 heteroatoms. The predicted molar refractivity (Wildman–Crippen MR) is 21.5 cm³/mol. The van der Waals surface area contributed by atoms with Crippen molar-refractivity contribution in [2.24, 2.45) is 0 Å². The highest BCUT2D eigenvalue weighted by Gasteiger charge is 2.26. The van der Waals surface area contributed by atoms with Gasteiger partial charge in [0.1, 0.15) is 0 Å². The molecule has 0 aromatic rings. The Labute approximate surface area is 36.4 Å². The molecule has 0 radical (unpaired) electrons. The van der Waals surface area contributed by atoms with Crippen molar-refractivity contribution >= 4 is 5.97 Å². The normalized spacial score (nSPS) is 17.8. The van der Waals surface area contributed by atoms with Gasteiger partial charge in [-0.05, 0) is 0 Å². The summed E-state index contributed by atoms with van der Waals surface area (Å²) in [5.41, 5.74) is 0. The van der Waals surface area contributed by atoms with Crippen LogP contribution in [0.2, 0.25) is 0 Å². The number of carbonyl (C=O) groups excluding carboxylic acids is 1. The van der Waals surface area contributed by atoms with E-state index in [0.29, 0.717) is 0 Å². The third-order valence-corrected chi connectivity index (χ3v) is 0.815. The SMILES string of the molecule is CC(=O)[O+]1CC1. The first-order valence-corrected chi connectivity index (χ1v) is 1.99. The summed E-state index contributed by atoms with van der Waals surface area (Å²) in [6.07, 6.45) is 0. The molecule has 0 aromatic carbocycles. The molecule has 34 valence electrons. The van der Waals surface area contributed by atoms with E-state index in [-0.39, 0.29) is 5.97 Å². The molecule has 6 heavy (non-hydrogen) atoms. The van der Waals surface area contributed by atoms with Crippen molar-refractivity contribution in [3.8, 4) is 0 Å². The number of hydrogen-bond donors (Lipinski definition) is 0. The molecule has 0 N–H and O–H groups in total. The average molecular weight is 87.1 g/mol. The fourth-order valence-electron chi connectivity index (χ4n) is 0.329. The molecule has 1 heterocycles. The zero-order valence-corrected chi connectivity index (χ0v) is 3.73. The van der Waals surface area contributed by atoms with E-state index in [9.17, 15) is 4.79 Å². The van der Waals surface area contributed by atoms with Crippen molar-refractivity contribution < 1.29 is 9.16 Å². The Balaban J connectivity index is 2.31. The van der Waals surface area contributed by atoms with E-state index in [0.717, 1.165) is 13.2 Å². The van der Waals surface area contributed by atoms with Crippen LogP contribution in [0, 0.1) is 0 Å². The minimum absolute atomic E-state index is 0.120. The molecule has 2 nitrogen and oxygen atoms in total. The van der Waals surface area contributed by atoms with E-state index in [4.69, 9.17) is 0 Å². The van der Waals surface area contributed by atoms with Crippen LogP contribution in [-0.2, 0) is 9.16 Å². The van der Waals surface area contributed by atoms with Crippen LogP contribution < -0.4 is 0 Å². The minimum Gasteiger partial charge on any atom is -0.536 e. The minimum atomic E-state index is 0.120. The van der Waals surface area contributed by atoms with E-state index in [1.807, 2.05) is 0 Å². The lowest BCUT2D eigenvalue weighted by Crippen LogP contribution is -1.93. The number of rotatable bonds is 0. The molecular formula is C4H7O2+. The maximum atomic E-state index is 10.1. The highest BCUT2D eigenvalue weighted by molar-refractivity contribution is 5.69. The molecule has 0 aliphatic carbocycles. The summed E-state index contributed by atoms with van der Waals surface area (Å²) in [7, 11) is 0. The highest BCUT2D eigenvalue weighted by Crippen LogP contribution is 2.09. The van der Waals surface area contributed by atoms with Crippen LogP contribution in [0.3, 0.4) is 0 Å². The van der Waals surface area contributed by atoms with Crippen molar-refractivity contribution in [3.05, 3.63) is 0 Å². The van der Waals surface area contributed by atoms with Gasteiger partial charge in [-0.25, -0.2) is 0 Å². The lowest BCUT2D eigenvalue weighted by Gasteiger charge is -1.84. The molecule has 1 aliphatic heterocycles. The summed E-state index contributed by atoms with van der Waals surface area (Å²) < 4.78 is 2.44. The second-order valence-electron chi connectivity index (χ2n) is 1.39. The van der Waals surface area contributed by atoms with Crippen LogP contribution in [0.5, 0.6) is 0 Å². The molecule has 0 saturated carbocycles. The molecule has 1 rings (SSSR count). The van der Waals surface area contributed by atoms with Crippen LogP contribution in [0.4, 0.5) is 0 Å². The molecule has 1 saturated heterocycles. The average Bonchev–Trinajstić information content (AvgIpc) is 2.06. The Morgan fingerprint density at radius 2 is 2.17 bits per heavy atom. The number of carbonyl (C=O) groups is 1. The Kier molecular flexibility index (Phi) is 0.587. The van der Waals surface area contributed by atoms with Crippen LogP contribution >= 0.6 is 0 Å². The Bertz CT molecular complexity index is 73.6. The number of hydrogen-bond acceptors (Lipinski definition) is 1. The first-order valence-electron chi connectivity index (χ1n) is 1.99. The second-order valence-corrected chi connectivity index (χ2v) is 1.39. The van der Waals surface area contributed by atoms with Crippen molar-refractivity contribution in [1.82, 2.24) is 0 Å². The third kappa shape index (κ3) is 0.506. The maximum Gasteiger partial charge on any atom is 0.515 e. The van der Waals surface area contributed by atoms with Gasteiger partial charge in [0.05, 0.1) is 6.92 Å². The summed E-state index contributed by atoms with van der Waals surface area (Å²) in [5, 5.41) is 0. The van der Waals surface area contributed by atoms with E-state index in [1.165, 1.54) is 0 Å². The van der Waals surface area contributed by atoms with Gasteiger partial charge in [0.15, 0.2) is 13.2 Å². The number of epoxide rings is 1. The first kappa shape index (κ1) is 3.65. The topological polar surface area (TPSA) is 19.8 Å². The quantitative estimate of drug-likeness (QED) is 0.233. The second kappa shape index (κ2) is 0.965. The van der Waals surface area contributed by atoms with Crippen molar-refractivity contribution in [1.29, 1.82) is 0 Å². The lowest BCUT2D eigenvalue weighted by atomic mass is 10.8. The first-order chi connectivity index (χ1) is 2.80. The molecule has 0 spiro atoms. The zero-order valence-electron chi connectivity index (χ0n) is 3.73. The van der Waals surface area contributed by atoms with Crippen molar-refractivity contribution in [2.45, 2.75) is 6.92 Å². The van der Waals surface area contributed by atoms with Gasteiger partial charge >= 0.3 is 5.97 Å². The van der Waals surface area contributed by atoms with Gasteiger partial charge in [-0.2, -0.15) is 0 Å². The molecule has 0 bridgehead atoms. The molecule has 0 amide bonds. The van der Waals surface area contributed by atoms with E-state index in [1.54, 1.807) is 6.92 Å². The zero-order chi connectivity index (χ0) is 4.57. The molecule has 1 aliphatic rings. The van der Waals surface area contributed by atoms with Crippen LogP contribution in [0.15, 0.2) is 0 Å². The highest BCUT2D eigenvalue weighted by atomic mass is 16.8. The fraction of sp³-hybridized carbons (Fsp3) is 0.750. The Morgan fingerprint density at radius 1 is 1.67 bits per heavy atom. The lowest BCUT2D eigenvalue weighted by molar-refractivity contribution is -0.147. The van der Waals surface area contributed by atoms with E-state index >= 15 is 0 Å². The molecule has 1 fully saturated rings. The summed E-state index contributed by atoms with van der Waals surface area (Å²) in [6.45, 7) is 3.35. The van der Waals surface area contributed by atoms with Gasteiger partial charge < -0.3 is 4.37 Å². The smallest absolute Gasteiger partial charge is 0.515 e. The Hall–Kier alpha value is -0.530. The van der Waals surface area contributed by atoms with E-state index in [2.05, 4.69) is 4.37 Å². The van der Waals surface area contributed by atoms with Crippen molar-refractivity contribution in [2.75, 3.05) is 13.2 Å². The summed E-state index contributed by atoms with van der Waals surface area (Å²) in [4.78, 5) is 10.1.